The Labute approximate surface area is 108 Å². The van der Waals surface area contributed by atoms with E-state index < -0.39 is 0 Å². The van der Waals surface area contributed by atoms with Gasteiger partial charge in [-0.2, -0.15) is 0 Å². The number of hydrogen-bond donors (Lipinski definition) is 1. The van der Waals surface area contributed by atoms with Crippen molar-refractivity contribution in [1.29, 1.82) is 0 Å². The van der Waals surface area contributed by atoms with Gasteiger partial charge in [0.25, 0.3) is 0 Å². The first-order chi connectivity index (χ1) is 8.75. The fourth-order valence-corrected chi connectivity index (χ4v) is 2.17. The molecule has 0 radical (unpaired) electrons. The maximum atomic E-state index is 11.8. The first kappa shape index (κ1) is 13.0. The second kappa shape index (κ2) is 6.50. The number of pyridine rings is 1. The Morgan fingerprint density at radius 3 is 3.22 bits per heavy atom. The Morgan fingerprint density at radius 1 is 1.67 bits per heavy atom. The lowest BCUT2D eigenvalue weighted by atomic mass is 9.99. The van der Waals surface area contributed by atoms with Crippen LogP contribution in [0.1, 0.15) is 37.7 Å². The van der Waals surface area contributed by atoms with Crippen LogP contribution in [0.5, 0.6) is 0 Å². The highest BCUT2D eigenvalue weighted by molar-refractivity contribution is 5.76. The molecule has 0 bridgehead atoms. The molecule has 1 aliphatic heterocycles. The van der Waals surface area contributed by atoms with Crippen molar-refractivity contribution in [1.82, 2.24) is 10.3 Å². The van der Waals surface area contributed by atoms with Crippen LogP contribution in [0.3, 0.4) is 0 Å². The van der Waals surface area contributed by atoms with Crippen molar-refractivity contribution in [3.05, 3.63) is 30.1 Å². The number of amides is 1. The smallest absolute Gasteiger partial charge is 0.220 e. The molecule has 98 valence electrons. The first-order valence-corrected chi connectivity index (χ1v) is 6.54. The monoisotopic (exact) mass is 248 g/mol. The van der Waals surface area contributed by atoms with Crippen molar-refractivity contribution in [3.63, 3.8) is 0 Å². The third-order valence-electron chi connectivity index (χ3n) is 3.30. The molecule has 2 rings (SSSR count). The quantitative estimate of drug-likeness (QED) is 0.865. The molecule has 2 unspecified atom stereocenters. The number of nitrogens with one attached hydrogen (secondary N) is 1. The van der Waals surface area contributed by atoms with Crippen molar-refractivity contribution < 1.29 is 9.53 Å². The highest BCUT2D eigenvalue weighted by Crippen LogP contribution is 2.17. The summed E-state index contributed by atoms with van der Waals surface area (Å²) in [5.41, 5.74) is 1.10. The third kappa shape index (κ3) is 3.81. The van der Waals surface area contributed by atoms with Gasteiger partial charge < -0.3 is 10.1 Å². The summed E-state index contributed by atoms with van der Waals surface area (Å²) in [5.74, 6) is 0.282. The number of aromatic nitrogens is 1. The summed E-state index contributed by atoms with van der Waals surface area (Å²) in [6.07, 6.45) is 6.43. The van der Waals surface area contributed by atoms with E-state index in [9.17, 15) is 4.79 Å². The highest BCUT2D eigenvalue weighted by Gasteiger charge is 2.17. The van der Waals surface area contributed by atoms with Gasteiger partial charge in [0.15, 0.2) is 0 Å². The molecule has 1 fully saturated rings. The molecule has 2 heterocycles. The van der Waals surface area contributed by atoms with Crippen LogP contribution in [0.4, 0.5) is 0 Å². The van der Waals surface area contributed by atoms with Crippen LogP contribution in [-0.4, -0.2) is 30.1 Å². The van der Waals surface area contributed by atoms with Gasteiger partial charge in [-0.25, -0.2) is 0 Å². The Hall–Kier alpha value is -1.42. The molecule has 0 saturated carbocycles. The number of carbonyl (C=O) groups excluding carboxylic acids is 1. The van der Waals surface area contributed by atoms with Crippen LogP contribution < -0.4 is 5.32 Å². The maximum absolute atomic E-state index is 11.8. The lowest BCUT2D eigenvalue weighted by Crippen LogP contribution is -2.32. The van der Waals surface area contributed by atoms with Crippen LogP contribution in [-0.2, 0) is 9.53 Å². The molecule has 0 spiro atoms. The number of nitrogens with zero attached hydrogens (tertiary/aromatic N) is 1. The SMILES string of the molecule is CC(CC(=O)NCC1CCCO1)c1cccnc1. The van der Waals surface area contributed by atoms with Gasteiger partial charge in [0.1, 0.15) is 0 Å². The summed E-state index contributed by atoms with van der Waals surface area (Å²) < 4.78 is 5.47. The highest BCUT2D eigenvalue weighted by atomic mass is 16.5. The van der Waals surface area contributed by atoms with Crippen molar-refractivity contribution in [2.75, 3.05) is 13.2 Å². The minimum absolute atomic E-state index is 0.0850. The Morgan fingerprint density at radius 2 is 2.56 bits per heavy atom. The molecular weight excluding hydrogens is 228 g/mol. The lowest BCUT2D eigenvalue weighted by Gasteiger charge is -2.13. The fraction of sp³-hybridized carbons (Fsp3) is 0.571. The van der Waals surface area contributed by atoms with Crippen LogP contribution >= 0.6 is 0 Å². The molecule has 1 aromatic heterocycles. The van der Waals surface area contributed by atoms with Crippen LogP contribution in [0, 0.1) is 0 Å². The largest absolute Gasteiger partial charge is 0.376 e. The molecule has 2 atom stereocenters. The van der Waals surface area contributed by atoms with Crippen molar-refractivity contribution in [2.45, 2.75) is 38.2 Å². The Balaban J connectivity index is 1.73. The van der Waals surface area contributed by atoms with Crippen LogP contribution in [0.15, 0.2) is 24.5 Å². The standard InChI is InChI=1S/C14H20N2O2/c1-11(12-4-2-6-15-9-12)8-14(17)16-10-13-5-3-7-18-13/h2,4,6,9,11,13H,3,5,7-8,10H2,1H3,(H,16,17). The van der Waals surface area contributed by atoms with Gasteiger partial charge in [-0.15, -0.1) is 0 Å². The van der Waals surface area contributed by atoms with Gasteiger partial charge in [-0.05, 0) is 30.4 Å². The summed E-state index contributed by atoms with van der Waals surface area (Å²) in [4.78, 5) is 15.9. The molecule has 0 aromatic carbocycles. The predicted molar refractivity (Wildman–Crippen MR) is 69.3 cm³/mol. The molecule has 1 N–H and O–H groups in total. The maximum Gasteiger partial charge on any atom is 0.220 e. The number of carbonyl (C=O) groups is 1. The third-order valence-corrected chi connectivity index (χ3v) is 3.30. The second-order valence-electron chi connectivity index (χ2n) is 4.83. The summed E-state index contributed by atoms with van der Waals surface area (Å²) >= 11 is 0. The molecular formula is C14H20N2O2. The summed E-state index contributed by atoms with van der Waals surface area (Å²) in [7, 11) is 0. The number of hydrogen-bond acceptors (Lipinski definition) is 3. The summed E-state index contributed by atoms with van der Waals surface area (Å²) in [6.45, 7) is 3.51. The van der Waals surface area contributed by atoms with Crippen molar-refractivity contribution in [3.8, 4) is 0 Å². The van der Waals surface area contributed by atoms with Gasteiger partial charge in [0.2, 0.25) is 5.91 Å². The summed E-state index contributed by atoms with van der Waals surface area (Å²) in [6, 6.07) is 3.90. The molecule has 1 amide bonds. The van der Waals surface area contributed by atoms with Crippen LogP contribution in [0.2, 0.25) is 0 Å². The molecule has 1 aromatic rings. The normalized spacial score (nSPS) is 20.6. The van der Waals surface area contributed by atoms with Gasteiger partial charge in [-0.1, -0.05) is 13.0 Å². The number of rotatable bonds is 5. The van der Waals surface area contributed by atoms with E-state index in [0.717, 1.165) is 25.0 Å². The van der Waals surface area contributed by atoms with E-state index in [4.69, 9.17) is 4.74 Å². The predicted octanol–water partition coefficient (Wildman–Crippen LogP) is 1.87. The fourth-order valence-electron chi connectivity index (χ4n) is 2.17. The Bertz CT molecular complexity index is 375. The minimum atomic E-state index is 0.0850. The average molecular weight is 248 g/mol. The van der Waals surface area contributed by atoms with Gasteiger partial charge in [-0.3, -0.25) is 9.78 Å². The van der Waals surface area contributed by atoms with E-state index in [1.165, 1.54) is 0 Å². The van der Waals surface area contributed by atoms with E-state index in [0.29, 0.717) is 13.0 Å². The lowest BCUT2D eigenvalue weighted by molar-refractivity contribution is -0.121. The van der Waals surface area contributed by atoms with Crippen LogP contribution in [0.25, 0.3) is 0 Å². The van der Waals surface area contributed by atoms with E-state index in [2.05, 4.69) is 10.3 Å². The molecule has 4 heteroatoms. The van der Waals surface area contributed by atoms with E-state index in [1.54, 1.807) is 6.20 Å². The molecule has 1 saturated heterocycles. The van der Waals surface area contributed by atoms with E-state index in [-0.39, 0.29) is 17.9 Å². The summed E-state index contributed by atoms with van der Waals surface area (Å²) in [5, 5.41) is 2.94. The average Bonchev–Trinajstić information content (AvgIpc) is 2.90. The van der Waals surface area contributed by atoms with Gasteiger partial charge >= 0.3 is 0 Å². The molecule has 18 heavy (non-hydrogen) atoms. The van der Waals surface area contributed by atoms with Gasteiger partial charge in [0.05, 0.1) is 6.10 Å². The van der Waals surface area contributed by atoms with E-state index in [1.807, 2.05) is 25.3 Å². The Kier molecular flexibility index (Phi) is 4.70. The molecule has 4 nitrogen and oxygen atoms in total. The van der Waals surface area contributed by atoms with Gasteiger partial charge in [0, 0.05) is 32.0 Å². The molecule has 1 aliphatic rings. The van der Waals surface area contributed by atoms with Crippen molar-refractivity contribution >= 4 is 5.91 Å². The molecule has 0 aliphatic carbocycles. The first-order valence-electron chi connectivity index (χ1n) is 6.54. The zero-order valence-corrected chi connectivity index (χ0v) is 10.8. The zero-order chi connectivity index (χ0) is 12.8. The van der Waals surface area contributed by atoms with Crippen molar-refractivity contribution in [2.24, 2.45) is 0 Å². The zero-order valence-electron chi connectivity index (χ0n) is 10.8. The second-order valence-corrected chi connectivity index (χ2v) is 4.83. The minimum Gasteiger partial charge on any atom is -0.376 e. The van der Waals surface area contributed by atoms with E-state index >= 15 is 0 Å². The topological polar surface area (TPSA) is 51.2 Å². The number of ether oxygens (including phenoxy) is 1.